The SMILES string of the molecule is COC(=C(C1CC1)C1CC1)c1cccc(OC)c1. The number of benzene rings is 1. The molecule has 2 aliphatic rings. The van der Waals surface area contributed by atoms with Crippen LogP contribution in [-0.2, 0) is 4.74 Å². The summed E-state index contributed by atoms with van der Waals surface area (Å²) in [6.45, 7) is 0. The molecule has 0 heterocycles. The van der Waals surface area contributed by atoms with Crippen LogP contribution in [-0.4, -0.2) is 14.2 Å². The second-order valence-corrected chi connectivity index (χ2v) is 5.27. The minimum atomic E-state index is 0.777. The molecule has 1 aromatic carbocycles. The Labute approximate surface area is 109 Å². The largest absolute Gasteiger partial charge is 0.497 e. The van der Waals surface area contributed by atoms with Crippen LogP contribution in [0.1, 0.15) is 31.2 Å². The molecule has 2 saturated carbocycles. The molecule has 0 N–H and O–H groups in total. The molecule has 3 rings (SSSR count). The highest BCUT2D eigenvalue weighted by atomic mass is 16.5. The van der Waals surface area contributed by atoms with E-state index in [-0.39, 0.29) is 0 Å². The van der Waals surface area contributed by atoms with E-state index in [1.807, 2.05) is 12.1 Å². The van der Waals surface area contributed by atoms with Crippen LogP contribution in [0.4, 0.5) is 0 Å². The summed E-state index contributed by atoms with van der Waals surface area (Å²) >= 11 is 0. The van der Waals surface area contributed by atoms with Crippen LogP contribution in [0, 0.1) is 11.8 Å². The lowest BCUT2D eigenvalue weighted by Crippen LogP contribution is -1.99. The van der Waals surface area contributed by atoms with E-state index in [1.54, 1.807) is 19.8 Å². The van der Waals surface area contributed by atoms with Crippen molar-refractivity contribution in [2.24, 2.45) is 11.8 Å². The summed E-state index contributed by atoms with van der Waals surface area (Å²) in [7, 11) is 3.50. The number of rotatable bonds is 5. The first-order valence-corrected chi connectivity index (χ1v) is 6.76. The first-order valence-electron chi connectivity index (χ1n) is 6.76. The molecular formula is C16H20O2. The van der Waals surface area contributed by atoms with E-state index < -0.39 is 0 Å². The van der Waals surface area contributed by atoms with Crippen molar-refractivity contribution < 1.29 is 9.47 Å². The molecule has 0 unspecified atom stereocenters. The summed E-state index contributed by atoms with van der Waals surface area (Å²) in [6.07, 6.45) is 5.34. The molecule has 96 valence electrons. The lowest BCUT2D eigenvalue weighted by atomic mass is 10.00. The van der Waals surface area contributed by atoms with E-state index in [2.05, 4.69) is 12.1 Å². The van der Waals surface area contributed by atoms with Crippen LogP contribution in [0.15, 0.2) is 29.8 Å². The fraction of sp³-hybridized carbons (Fsp3) is 0.500. The van der Waals surface area contributed by atoms with Gasteiger partial charge in [-0.3, -0.25) is 0 Å². The predicted molar refractivity (Wildman–Crippen MR) is 72.4 cm³/mol. The van der Waals surface area contributed by atoms with Gasteiger partial charge in [-0.05, 0) is 55.2 Å². The Hall–Kier alpha value is -1.44. The van der Waals surface area contributed by atoms with Gasteiger partial charge in [0.2, 0.25) is 0 Å². The highest BCUT2D eigenvalue weighted by molar-refractivity contribution is 5.66. The molecule has 18 heavy (non-hydrogen) atoms. The maximum Gasteiger partial charge on any atom is 0.125 e. The predicted octanol–water partition coefficient (Wildman–Crippen LogP) is 3.87. The van der Waals surface area contributed by atoms with Gasteiger partial charge in [0, 0.05) is 5.56 Å². The Morgan fingerprint density at radius 1 is 1.06 bits per heavy atom. The summed E-state index contributed by atoms with van der Waals surface area (Å²) in [5, 5.41) is 0. The minimum Gasteiger partial charge on any atom is -0.497 e. The van der Waals surface area contributed by atoms with Crippen molar-refractivity contribution in [3.05, 3.63) is 35.4 Å². The van der Waals surface area contributed by atoms with Gasteiger partial charge in [-0.25, -0.2) is 0 Å². The topological polar surface area (TPSA) is 18.5 Å². The third-order valence-electron chi connectivity index (χ3n) is 3.83. The molecule has 0 saturated heterocycles. The van der Waals surface area contributed by atoms with Gasteiger partial charge in [0.05, 0.1) is 14.2 Å². The number of hydrogen-bond acceptors (Lipinski definition) is 2. The second-order valence-electron chi connectivity index (χ2n) is 5.27. The fourth-order valence-corrected chi connectivity index (χ4v) is 2.66. The minimum absolute atomic E-state index is 0.777. The number of methoxy groups -OCH3 is 2. The number of ether oxygens (including phenoxy) is 2. The first kappa shape index (κ1) is 11.6. The van der Waals surface area contributed by atoms with E-state index in [0.29, 0.717) is 0 Å². The van der Waals surface area contributed by atoms with Gasteiger partial charge in [-0.15, -0.1) is 0 Å². The van der Waals surface area contributed by atoms with Crippen molar-refractivity contribution in [3.63, 3.8) is 0 Å². The molecule has 0 radical (unpaired) electrons. The molecular weight excluding hydrogens is 224 g/mol. The van der Waals surface area contributed by atoms with Crippen LogP contribution >= 0.6 is 0 Å². The molecule has 2 fully saturated rings. The molecule has 2 nitrogen and oxygen atoms in total. The van der Waals surface area contributed by atoms with Gasteiger partial charge < -0.3 is 9.47 Å². The average Bonchev–Trinajstić information content (AvgIpc) is 3.29. The van der Waals surface area contributed by atoms with Crippen molar-refractivity contribution in [3.8, 4) is 5.75 Å². The maximum atomic E-state index is 5.72. The summed E-state index contributed by atoms with van der Waals surface area (Å²) in [4.78, 5) is 0. The quantitative estimate of drug-likeness (QED) is 0.732. The van der Waals surface area contributed by atoms with E-state index in [9.17, 15) is 0 Å². The molecule has 0 amide bonds. The number of hydrogen-bond donors (Lipinski definition) is 0. The zero-order chi connectivity index (χ0) is 12.5. The van der Waals surface area contributed by atoms with Crippen LogP contribution in [0.5, 0.6) is 5.75 Å². The highest BCUT2D eigenvalue weighted by Gasteiger charge is 2.39. The second kappa shape index (κ2) is 4.68. The Morgan fingerprint density at radius 2 is 1.72 bits per heavy atom. The molecule has 2 aliphatic carbocycles. The van der Waals surface area contributed by atoms with Crippen LogP contribution in [0.3, 0.4) is 0 Å². The van der Waals surface area contributed by atoms with Crippen molar-refractivity contribution >= 4 is 5.76 Å². The standard InChI is InChI=1S/C16H20O2/c1-17-14-5-3-4-13(10-14)16(18-2)15(11-6-7-11)12-8-9-12/h3-5,10-12H,6-9H2,1-2H3. The summed E-state index contributed by atoms with van der Waals surface area (Å²) in [6, 6.07) is 8.20. The summed E-state index contributed by atoms with van der Waals surface area (Å²) < 4.78 is 11.0. The van der Waals surface area contributed by atoms with Crippen molar-refractivity contribution in [2.75, 3.05) is 14.2 Å². The molecule has 0 bridgehead atoms. The van der Waals surface area contributed by atoms with Crippen LogP contribution in [0.2, 0.25) is 0 Å². The highest BCUT2D eigenvalue weighted by Crippen LogP contribution is 2.51. The lowest BCUT2D eigenvalue weighted by Gasteiger charge is -2.14. The first-order chi connectivity index (χ1) is 8.83. The van der Waals surface area contributed by atoms with E-state index in [4.69, 9.17) is 9.47 Å². The van der Waals surface area contributed by atoms with Crippen LogP contribution < -0.4 is 4.74 Å². The van der Waals surface area contributed by atoms with Crippen molar-refractivity contribution in [1.82, 2.24) is 0 Å². The van der Waals surface area contributed by atoms with Gasteiger partial charge in [0.25, 0.3) is 0 Å². The third-order valence-corrected chi connectivity index (χ3v) is 3.83. The Bertz CT molecular complexity index is 454. The molecule has 1 aromatic rings. The van der Waals surface area contributed by atoms with E-state index >= 15 is 0 Å². The van der Waals surface area contributed by atoms with Gasteiger partial charge in [0.1, 0.15) is 11.5 Å². The zero-order valence-corrected chi connectivity index (χ0v) is 11.1. The molecule has 0 spiro atoms. The zero-order valence-electron chi connectivity index (χ0n) is 11.1. The van der Waals surface area contributed by atoms with E-state index in [1.165, 1.54) is 25.7 Å². The fourth-order valence-electron chi connectivity index (χ4n) is 2.66. The average molecular weight is 244 g/mol. The smallest absolute Gasteiger partial charge is 0.125 e. The van der Waals surface area contributed by atoms with Crippen molar-refractivity contribution in [2.45, 2.75) is 25.7 Å². The monoisotopic (exact) mass is 244 g/mol. The van der Waals surface area contributed by atoms with Gasteiger partial charge >= 0.3 is 0 Å². The van der Waals surface area contributed by atoms with Gasteiger partial charge in [0.15, 0.2) is 0 Å². The molecule has 0 atom stereocenters. The van der Waals surface area contributed by atoms with E-state index in [0.717, 1.165) is 28.9 Å². The Kier molecular flexibility index (Phi) is 3.02. The normalized spacial score (nSPS) is 18.3. The maximum absolute atomic E-state index is 5.72. The Balaban J connectivity index is 2.01. The van der Waals surface area contributed by atoms with Crippen molar-refractivity contribution in [1.29, 1.82) is 0 Å². The Morgan fingerprint density at radius 3 is 2.22 bits per heavy atom. The molecule has 0 aromatic heterocycles. The van der Waals surface area contributed by atoms with Gasteiger partial charge in [-0.2, -0.15) is 0 Å². The molecule has 2 heteroatoms. The lowest BCUT2D eigenvalue weighted by molar-refractivity contribution is 0.362. The van der Waals surface area contributed by atoms with Gasteiger partial charge in [-0.1, -0.05) is 12.1 Å². The van der Waals surface area contributed by atoms with Crippen LogP contribution in [0.25, 0.3) is 5.76 Å². The third kappa shape index (κ3) is 2.24. The number of allylic oxidation sites excluding steroid dienone is 1. The molecule has 0 aliphatic heterocycles. The summed E-state index contributed by atoms with van der Waals surface area (Å²) in [5.74, 6) is 3.55. The summed E-state index contributed by atoms with van der Waals surface area (Å²) in [5.41, 5.74) is 2.72.